The highest BCUT2D eigenvalue weighted by molar-refractivity contribution is 9.10. The molecular weight excluding hydrogens is 288 g/mol. The first-order valence-corrected chi connectivity index (χ1v) is 6.48. The zero-order valence-corrected chi connectivity index (χ0v) is 11.7. The van der Waals surface area contributed by atoms with Gasteiger partial charge in [0.05, 0.1) is 5.56 Å². The van der Waals surface area contributed by atoms with Crippen molar-refractivity contribution < 1.29 is 4.74 Å². The smallest absolute Gasteiger partial charge is 0.135 e. The minimum absolute atomic E-state index is 0.543. The maximum atomic E-state index is 5.81. The molecule has 18 heavy (non-hydrogen) atoms. The van der Waals surface area contributed by atoms with Crippen LogP contribution in [0.2, 0.25) is 0 Å². The lowest BCUT2D eigenvalue weighted by Crippen LogP contribution is -1.97. The lowest BCUT2D eigenvalue weighted by molar-refractivity contribution is 0.305. The predicted molar refractivity (Wildman–Crippen MR) is 77.5 cm³/mol. The second-order valence-electron chi connectivity index (χ2n) is 3.79. The third-order valence-corrected chi connectivity index (χ3v) is 2.92. The quantitative estimate of drug-likeness (QED) is 0.764. The summed E-state index contributed by atoms with van der Waals surface area (Å²) in [4.78, 5) is 0. The lowest BCUT2D eigenvalue weighted by Gasteiger charge is -2.08. The van der Waals surface area contributed by atoms with E-state index in [0.717, 1.165) is 21.3 Å². The molecule has 90 valence electrons. The molecule has 0 saturated heterocycles. The summed E-state index contributed by atoms with van der Waals surface area (Å²) in [5.74, 6) is 6.76. The van der Waals surface area contributed by atoms with E-state index in [4.69, 9.17) is 4.74 Å². The molecule has 2 heteroatoms. The van der Waals surface area contributed by atoms with Crippen LogP contribution in [0.25, 0.3) is 0 Å². The van der Waals surface area contributed by atoms with Crippen LogP contribution in [0.3, 0.4) is 0 Å². The molecule has 0 aliphatic rings. The Hall–Kier alpha value is -1.72. The van der Waals surface area contributed by atoms with E-state index in [-0.39, 0.29) is 0 Å². The van der Waals surface area contributed by atoms with Crippen molar-refractivity contribution in [3.05, 3.63) is 64.1 Å². The topological polar surface area (TPSA) is 9.23 Å². The Bertz CT molecular complexity index is 593. The summed E-state index contributed by atoms with van der Waals surface area (Å²) in [5, 5.41) is 0. The summed E-state index contributed by atoms with van der Waals surface area (Å²) in [6.45, 7) is 2.37. The molecule has 0 N–H and O–H groups in total. The van der Waals surface area contributed by atoms with Crippen molar-refractivity contribution >= 4 is 15.9 Å². The molecule has 0 spiro atoms. The number of ether oxygens (including phenoxy) is 1. The van der Waals surface area contributed by atoms with Gasteiger partial charge in [-0.2, -0.15) is 0 Å². The van der Waals surface area contributed by atoms with Gasteiger partial charge in [-0.3, -0.25) is 0 Å². The van der Waals surface area contributed by atoms with E-state index < -0.39 is 0 Å². The Morgan fingerprint density at radius 2 is 1.94 bits per heavy atom. The molecular formula is C16H13BrO. The number of halogens is 1. The third kappa shape index (κ3) is 3.38. The van der Waals surface area contributed by atoms with Crippen LogP contribution in [-0.2, 0) is 6.61 Å². The highest BCUT2D eigenvalue weighted by Gasteiger charge is 2.01. The fraction of sp³-hybridized carbons (Fsp3) is 0.125. The highest BCUT2D eigenvalue weighted by Crippen LogP contribution is 2.19. The molecule has 2 aromatic rings. The van der Waals surface area contributed by atoms with Gasteiger partial charge in [-0.15, -0.1) is 5.92 Å². The third-order valence-electron chi connectivity index (χ3n) is 2.43. The molecule has 0 saturated carbocycles. The van der Waals surface area contributed by atoms with Crippen molar-refractivity contribution in [1.29, 1.82) is 0 Å². The van der Waals surface area contributed by atoms with Crippen LogP contribution in [0.1, 0.15) is 18.1 Å². The van der Waals surface area contributed by atoms with Gasteiger partial charge in [-0.05, 0) is 36.8 Å². The van der Waals surface area contributed by atoms with Crippen molar-refractivity contribution in [1.82, 2.24) is 0 Å². The largest absolute Gasteiger partial charge is 0.488 e. The first-order valence-electron chi connectivity index (χ1n) is 5.68. The predicted octanol–water partition coefficient (Wildman–Crippen LogP) is 4.40. The molecule has 0 atom stereocenters. The fourth-order valence-corrected chi connectivity index (χ4v) is 2.06. The summed E-state index contributed by atoms with van der Waals surface area (Å²) in [6.07, 6.45) is 0. The first-order chi connectivity index (χ1) is 8.79. The maximum absolute atomic E-state index is 5.81. The Morgan fingerprint density at radius 1 is 1.11 bits per heavy atom. The molecule has 0 aliphatic heterocycles. The van der Waals surface area contributed by atoms with E-state index in [9.17, 15) is 0 Å². The second kappa shape index (κ2) is 6.28. The molecule has 0 aliphatic carbocycles. The zero-order valence-electron chi connectivity index (χ0n) is 10.1. The van der Waals surface area contributed by atoms with E-state index >= 15 is 0 Å². The Morgan fingerprint density at radius 3 is 2.72 bits per heavy atom. The van der Waals surface area contributed by atoms with Crippen LogP contribution in [0.4, 0.5) is 0 Å². The van der Waals surface area contributed by atoms with Crippen LogP contribution >= 0.6 is 15.9 Å². The number of benzene rings is 2. The Balaban J connectivity index is 2.12. The fourth-order valence-electron chi connectivity index (χ4n) is 1.62. The summed E-state index contributed by atoms with van der Waals surface area (Å²) in [5.41, 5.74) is 2.05. The van der Waals surface area contributed by atoms with Crippen molar-refractivity contribution in [2.24, 2.45) is 0 Å². The normalized spacial score (nSPS) is 9.44. The second-order valence-corrected chi connectivity index (χ2v) is 4.71. The van der Waals surface area contributed by atoms with Gasteiger partial charge in [0.2, 0.25) is 0 Å². The van der Waals surface area contributed by atoms with Crippen molar-refractivity contribution in [3.8, 4) is 17.6 Å². The number of rotatable bonds is 3. The van der Waals surface area contributed by atoms with Crippen LogP contribution < -0.4 is 4.74 Å². The molecule has 0 fully saturated rings. The van der Waals surface area contributed by atoms with Crippen LogP contribution in [-0.4, -0.2) is 0 Å². The minimum Gasteiger partial charge on any atom is -0.488 e. The van der Waals surface area contributed by atoms with Gasteiger partial charge in [0.15, 0.2) is 0 Å². The number of hydrogen-bond acceptors (Lipinski definition) is 1. The van der Waals surface area contributed by atoms with Gasteiger partial charge < -0.3 is 4.74 Å². The van der Waals surface area contributed by atoms with E-state index in [1.54, 1.807) is 0 Å². The summed E-state index contributed by atoms with van der Waals surface area (Å²) in [6, 6.07) is 15.9. The van der Waals surface area contributed by atoms with Crippen molar-refractivity contribution in [2.75, 3.05) is 0 Å². The number of para-hydroxylation sites is 1. The van der Waals surface area contributed by atoms with Crippen molar-refractivity contribution in [3.63, 3.8) is 0 Å². The standard InChI is InChI=1S/C16H13BrO/c1-2-6-14-8-3-4-10-16(14)18-12-13-7-5-9-15(17)11-13/h3-5,7-11H,12H2,1H3. The van der Waals surface area contributed by atoms with Gasteiger partial charge in [-0.25, -0.2) is 0 Å². The maximum Gasteiger partial charge on any atom is 0.135 e. The molecule has 2 aromatic carbocycles. The molecule has 1 nitrogen and oxygen atoms in total. The van der Waals surface area contributed by atoms with E-state index in [1.165, 1.54) is 0 Å². The molecule has 0 unspecified atom stereocenters. The van der Waals surface area contributed by atoms with E-state index in [1.807, 2.05) is 55.5 Å². The molecule has 0 amide bonds. The molecule has 0 radical (unpaired) electrons. The highest BCUT2D eigenvalue weighted by atomic mass is 79.9. The van der Waals surface area contributed by atoms with Crippen LogP contribution in [0, 0.1) is 11.8 Å². The van der Waals surface area contributed by atoms with Gasteiger partial charge in [0, 0.05) is 4.47 Å². The van der Waals surface area contributed by atoms with Crippen molar-refractivity contribution in [2.45, 2.75) is 13.5 Å². The van der Waals surface area contributed by atoms with E-state index in [0.29, 0.717) is 6.61 Å². The van der Waals surface area contributed by atoms with Gasteiger partial charge in [-0.1, -0.05) is 46.1 Å². The SMILES string of the molecule is CC#Cc1ccccc1OCc1cccc(Br)c1. The molecule has 0 heterocycles. The van der Waals surface area contributed by atoms with Crippen LogP contribution in [0.15, 0.2) is 53.0 Å². The minimum atomic E-state index is 0.543. The van der Waals surface area contributed by atoms with Gasteiger partial charge in [0.1, 0.15) is 12.4 Å². The summed E-state index contributed by atoms with van der Waals surface area (Å²) < 4.78 is 6.87. The summed E-state index contributed by atoms with van der Waals surface area (Å²) >= 11 is 3.45. The zero-order chi connectivity index (χ0) is 12.8. The average molecular weight is 301 g/mol. The molecule has 0 bridgehead atoms. The van der Waals surface area contributed by atoms with Gasteiger partial charge >= 0.3 is 0 Å². The number of hydrogen-bond donors (Lipinski definition) is 0. The monoisotopic (exact) mass is 300 g/mol. The Labute approximate surface area is 116 Å². The first kappa shape index (κ1) is 12.7. The molecule has 0 aromatic heterocycles. The van der Waals surface area contributed by atoms with Crippen LogP contribution in [0.5, 0.6) is 5.75 Å². The summed E-state index contributed by atoms with van der Waals surface area (Å²) in [7, 11) is 0. The van der Waals surface area contributed by atoms with E-state index in [2.05, 4.69) is 27.8 Å². The lowest BCUT2D eigenvalue weighted by atomic mass is 10.2. The molecule has 2 rings (SSSR count). The Kier molecular flexibility index (Phi) is 4.44. The average Bonchev–Trinajstić information content (AvgIpc) is 2.38. The van der Waals surface area contributed by atoms with Gasteiger partial charge in [0.25, 0.3) is 0 Å².